The number of amides is 1. The van der Waals surface area contributed by atoms with Crippen molar-refractivity contribution < 1.29 is 13.9 Å². The number of ether oxygens (including phenoxy) is 1. The largest absolute Gasteiger partial charge is 0.378 e. The van der Waals surface area contributed by atoms with E-state index in [4.69, 9.17) is 4.74 Å². The van der Waals surface area contributed by atoms with Crippen LogP contribution < -0.4 is 10.2 Å². The summed E-state index contributed by atoms with van der Waals surface area (Å²) in [5.41, 5.74) is 1.04. The van der Waals surface area contributed by atoms with Gasteiger partial charge in [0.15, 0.2) is 0 Å². The van der Waals surface area contributed by atoms with Crippen LogP contribution >= 0.6 is 0 Å². The zero-order valence-electron chi connectivity index (χ0n) is 11.7. The van der Waals surface area contributed by atoms with Gasteiger partial charge in [-0.05, 0) is 18.2 Å². The van der Waals surface area contributed by atoms with Gasteiger partial charge in [-0.25, -0.2) is 4.39 Å². The summed E-state index contributed by atoms with van der Waals surface area (Å²) in [7, 11) is 0. The fourth-order valence-electron chi connectivity index (χ4n) is 1.85. The lowest BCUT2D eigenvalue weighted by atomic mass is 10.2. The Kier molecular flexibility index (Phi) is 6.29. The fraction of sp³-hybridized carbons (Fsp3) is 0.500. The van der Waals surface area contributed by atoms with E-state index in [1.54, 1.807) is 12.1 Å². The van der Waals surface area contributed by atoms with Crippen LogP contribution in [0.4, 0.5) is 15.8 Å². The zero-order chi connectivity index (χ0) is 14.3. The molecule has 1 aromatic carbocycles. The Morgan fingerprint density at radius 3 is 2.47 bits per heavy atom. The third kappa shape index (κ3) is 4.52. The minimum Gasteiger partial charge on any atom is -0.378 e. The van der Waals surface area contributed by atoms with Crippen molar-refractivity contribution >= 4 is 17.3 Å². The van der Waals surface area contributed by atoms with Crippen LogP contribution in [-0.4, -0.2) is 32.2 Å². The lowest BCUT2D eigenvalue weighted by molar-refractivity contribution is -0.114. The topological polar surface area (TPSA) is 41.6 Å². The van der Waals surface area contributed by atoms with Gasteiger partial charge in [0, 0.05) is 25.7 Å². The van der Waals surface area contributed by atoms with Gasteiger partial charge in [-0.15, -0.1) is 0 Å². The van der Waals surface area contributed by atoms with Gasteiger partial charge in [-0.2, -0.15) is 0 Å². The SMILES string of the molecule is CC.CC(=O)Nc1ccc(N2CCOCC2)c(F)c1. The molecule has 1 fully saturated rings. The first-order valence-corrected chi connectivity index (χ1v) is 6.56. The van der Waals surface area contributed by atoms with Gasteiger partial charge < -0.3 is 15.0 Å². The Bertz CT molecular complexity index is 418. The maximum absolute atomic E-state index is 13.9. The number of nitrogens with zero attached hydrogens (tertiary/aromatic N) is 1. The Balaban J connectivity index is 0.000000861. The van der Waals surface area contributed by atoms with Gasteiger partial charge >= 0.3 is 0 Å². The maximum Gasteiger partial charge on any atom is 0.221 e. The van der Waals surface area contributed by atoms with E-state index in [9.17, 15) is 9.18 Å². The van der Waals surface area contributed by atoms with E-state index in [-0.39, 0.29) is 11.7 Å². The Morgan fingerprint density at radius 2 is 1.95 bits per heavy atom. The Hall–Kier alpha value is -1.62. The maximum atomic E-state index is 13.9. The average Bonchev–Trinajstić information content (AvgIpc) is 2.41. The van der Waals surface area contributed by atoms with Crippen molar-refractivity contribution in [3.63, 3.8) is 0 Å². The summed E-state index contributed by atoms with van der Waals surface area (Å²) in [6.07, 6.45) is 0. The van der Waals surface area contributed by atoms with Crippen molar-refractivity contribution in [3.05, 3.63) is 24.0 Å². The first-order chi connectivity index (χ1) is 9.16. The molecule has 0 aromatic heterocycles. The van der Waals surface area contributed by atoms with Gasteiger partial charge in [-0.1, -0.05) is 13.8 Å². The number of carbonyl (C=O) groups is 1. The summed E-state index contributed by atoms with van der Waals surface area (Å²) < 4.78 is 19.1. The number of carbonyl (C=O) groups excluding carboxylic acids is 1. The number of nitrogens with one attached hydrogen (secondary N) is 1. The molecule has 1 amide bonds. The molecule has 0 aliphatic carbocycles. The highest BCUT2D eigenvalue weighted by Crippen LogP contribution is 2.23. The lowest BCUT2D eigenvalue weighted by Gasteiger charge is -2.29. The molecule has 1 aliphatic rings. The highest BCUT2D eigenvalue weighted by Gasteiger charge is 2.15. The van der Waals surface area contributed by atoms with Crippen LogP contribution in [0.5, 0.6) is 0 Å². The molecule has 19 heavy (non-hydrogen) atoms. The van der Waals surface area contributed by atoms with Gasteiger partial charge in [0.05, 0.1) is 18.9 Å². The molecule has 1 N–H and O–H groups in total. The molecular formula is C14H21FN2O2. The lowest BCUT2D eigenvalue weighted by Crippen LogP contribution is -2.36. The predicted octanol–water partition coefficient (Wildman–Crippen LogP) is 2.65. The quantitative estimate of drug-likeness (QED) is 0.896. The average molecular weight is 268 g/mol. The van der Waals surface area contributed by atoms with Crippen molar-refractivity contribution in [2.45, 2.75) is 20.8 Å². The van der Waals surface area contributed by atoms with Crippen LogP contribution in [0, 0.1) is 5.82 Å². The zero-order valence-corrected chi connectivity index (χ0v) is 11.7. The summed E-state index contributed by atoms with van der Waals surface area (Å²) >= 11 is 0. The first kappa shape index (κ1) is 15.4. The van der Waals surface area contributed by atoms with Crippen molar-refractivity contribution in [1.82, 2.24) is 0 Å². The van der Waals surface area contributed by atoms with Crippen LogP contribution in [-0.2, 0) is 9.53 Å². The third-order valence-electron chi connectivity index (χ3n) is 2.62. The molecule has 4 nitrogen and oxygen atoms in total. The molecule has 0 spiro atoms. The van der Waals surface area contributed by atoms with Crippen LogP contribution in [0.15, 0.2) is 18.2 Å². The minimum atomic E-state index is -0.321. The van der Waals surface area contributed by atoms with E-state index in [1.807, 2.05) is 18.7 Å². The number of morpholine rings is 1. The molecule has 0 saturated carbocycles. The predicted molar refractivity (Wildman–Crippen MR) is 75.1 cm³/mol. The van der Waals surface area contributed by atoms with E-state index in [0.717, 1.165) is 0 Å². The van der Waals surface area contributed by atoms with E-state index in [1.165, 1.54) is 13.0 Å². The van der Waals surface area contributed by atoms with E-state index in [2.05, 4.69) is 5.32 Å². The molecule has 0 radical (unpaired) electrons. The molecular weight excluding hydrogens is 247 g/mol. The molecule has 2 rings (SSSR count). The van der Waals surface area contributed by atoms with Crippen LogP contribution in [0.2, 0.25) is 0 Å². The van der Waals surface area contributed by atoms with Crippen LogP contribution in [0.25, 0.3) is 0 Å². The normalized spacial score (nSPS) is 14.4. The van der Waals surface area contributed by atoms with Crippen molar-refractivity contribution in [1.29, 1.82) is 0 Å². The number of anilines is 2. The second kappa shape index (κ2) is 7.74. The molecule has 1 heterocycles. The van der Waals surface area contributed by atoms with Crippen molar-refractivity contribution in [3.8, 4) is 0 Å². The molecule has 5 heteroatoms. The number of benzene rings is 1. The highest BCUT2D eigenvalue weighted by molar-refractivity contribution is 5.88. The molecule has 0 unspecified atom stereocenters. The molecule has 106 valence electrons. The van der Waals surface area contributed by atoms with Crippen molar-refractivity contribution in [2.24, 2.45) is 0 Å². The van der Waals surface area contributed by atoms with E-state index in [0.29, 0.717) is 37.7 Å². The smallest absolute Gasteiger partial charge is 0.221 e. The molecule has 0 atom stereocenters. The van der Waals surface area contributed by atoms with Crippen LogP contribution in [0.3, 0.4) is 0 Å². The number of halogens is 1. The number of hydrogen-bond donors (Lipinski definition) is 1. The van der Waals surface area contributed by atoms with E-state index < -0.39 is 0 Å². The molecule has 1 aliphatic heterocycles. The number of hydrogen-bond acceptors (Lipinski definition) is 3. The second-order valence-corrected chi connectivity index (χ2v) is 3.95. The highest BCUT2D eigenvalue weighted by atomic mass is 19.1. The summed E-state index contributed by atoms with van der Waals surface area (Å²) in [6, 6.07) is 4.73. The van der Waals surface area contributed by atoms with Crippen molar-refractivity contribution in [2.75, 3.05) is 36.5 Å². The van der Waals surface area contributed by atoms with Gasteiger partial charge in [-0.3, -0.25) is 4.79 Å². The van der Waals surface area contributed by atoms with Gasteiger partial charge in [0.1, 0.15) is 5.82 Å². The monoisotopic (exact) mass is 268 g/mol. The van der Waals surface area contributed by atoms with Crippen LogP contribution in [0.1, 0.15) is 20.8 Å². The first-order valence-electron chi connectivity index (χ1n) is 6.56. The standard InChI is InChI=1S/C12H15FN2O2.C2H6/c1-9(16)14-10-2-3-12(11(13)8-10)15-4-6-17-7-5-15;1-2/h2-3,8H,4-7H2,1H3,(H,14,16);1-2H3. The number of rotatable bonds is 2. The summed E-state index contributed by atoms with van der Waals surface area (Å²) in [6.45, 7) is 8.01. The summed E-state index contributed by atoms with van der Waals surface area (Å²) in [5, 5.41) is 2.55. The third-order valence-corrected chi connectivity index (χ3v) is 2.62. The summed E-state index contributed by atoms with van der Waals surface area (Å²) in [4.78, 5) is 12.8. The van der Waals surface area contributed by atoms with Gasteiger partial charge in [0.2, 0.25) is 5.91 Å². The fourth-order valence-corrected chi connectivity index (χ4v) is 1.85. The second-order valence-electron chi connectivity index (χ2n) is 3.95. The molecule has 0 bridgehead atoms. The van der Waals surface area contributed by atoms with E-state index >= 15 is 0 Å². The molecule has 1 aromatic rings. The Labute approximate surface area is 113 Å². The minimum absolute atomic E-state index is 0.205. The van der Waals surface area contributed by atoms with Gasteiger partial charge in [0.25, 0.3) is 0 Å². The summed E-state index contributed by atoms with van der Waals surface area (Å²) in [5.74, 6) is -0.526. The Morgan fingerprint density at radius 1 is 1.32 bits per heavy atom. The molecule has 1 saturated heterocycles.